The summed E-state index contributed by atoms with van der Waals surface area (Å²) >= 11 is 0. The van der Waals surface area contributed by atoms with Crippen LogP contribution < -0.4 is 11.1 Å². The zero-order valence-electron chi connectivity index (χ0n) is 11.4. The third-order valence-corrected chi connectivity index (χ3v) is 3.34. The van der Waals surface area contributed by atoms with Crippen molar-refractivity contribution in [1.82, 2.24) is 20.4 Å². The minimum atomic E-state index is -0.679. The van der Waals surface area contributed by atoms with Crippen LogP contribution in [0.5, 0.6) is 0 Å². The molecule has 2 rings (SSSR count). The molecule has 1 fully saturated rings. The first kappa shape index (κ1) is 14.0. The number of imide groups is 1. The van der Waals surface area contributed by atoms with E-state index in [0.29, 0.717) is 18.5 Å². The fourth-order valence-electron chi connectivity index (χ4n) is 2.24. The summed E-state index contributed by atoms with van der Waals surface area (Å²) in [4.78, 5) is 36.8. The zero-order chi connectivity index (χ0) is 14.9. The minimum Gasteiger partial charge on any atom is -0.395 e. The second-order valence-electron chi connectivity index (χ2n) is 4.59. The van der Waals surface area contributed by atoms with Crippen molar-refractivity contribution in [2.24, 2.45) is 0 Å². The number of aromatic nitrogens is 2. The number of nitrogens with zero attached hydrogens (tertiary/aromatic N) is 2. The molecule has 4 N–H and O–H groups in total. The lowest BCUT2D eigenvalue weighted by atomic mass is 10.1. The summed E-state index contributed by atoms with van der Waals surface area (Å²) in [6.45, 7) is 3.48. The van der Waals surface area contributed by atoms with Crippen LogP contribution in [0.2, 0.25) is 0 Å². The van der Waals surface area contributed by atoms with Crippen LogP contribution in [0.25, 0.3) is 0 Å². The van der Waals surface area contributed by atoms with E-state index < -0.39 is 23.8 Å². The maximum absolute atomic E-state index is 12.4. The topological polar surface area (TPSA) is 121 Å². The summed E-state index contributed by atoms with van der Waals surface area (Å²) in [6.07, 6.45) is 1.03. The van der Waals surface area contributed by atoms with Crippen molar-refractivity contribution in [3.8, 4) is 0 Å². The van der Waals surface area contributed by atoms with Crippen molar-refractivity contribution in [2.75, 3.05) is 12.3 Å². The maximum atomic E-state index is 12.4. The third-order valence-electron chi connectivity index (χ3n) is 3.34. The largest absolute Gasteiger partial charge is 0.395 e. The molecule has 1 aliphatic heterocycles. The number of carbonyl (C=O) groups is 3. The van der Waals surface area contributed by atoms with E-state index in [4.69, 9.17) is 5.73 Å². The van der Waals surface area contributed by atoms with Crippen molar-refractivity contribution in [3.63, 3.8) is 0 Å². The third kappa shape index (κ3) is 2.24. The average Bonchev–Trinajstić information content (AvgIpc) is 2.78. The lowest BCUT2D eigenvalue weighted by Gasteiger charge is -2.32. The number of nitrogens with one attached hydrogen (secondary N) is 2. The van der Waals surface area contributed by atoms with Crippen LogP contribution in [-0.2, 0) is 16.0 Å². The first-order valence-electron chi connectivity index (χ1n) is 6.46. The molecule has 0 aliphatic carbocycles. The Hall–Kier alpha value is -2.38. The zero-order valence-corrected chi connectivity index (χ0v) is 11.4. The summed E-state index contributed by atoms with van der Waals surface area (Å²) in [7, 11) is 0. The highest BCUT2D eigenvalue weighted by Crippen LogP contribution is 2.19. The van der Waals surface area contributed by atoms with Crippen LogP contribution in [0.1, 0.15) is 36.5 Å². The lowest BCUT2D eigenvalue weighted by Crippen LogP contribution is -2.59. The number of anilines is 1. The lowest BCUT2D eigenvalue weighted by molar-refractivity contribution is -0.138. The minimum absolute atomic E-state index is 0.0581. The van der Waals surface area contributed by atoms with E-state index in [1.165, 1.54) is 4.90 Å². The van der Waals surface area contributed by atoms with Crippen LogP contribution in [0.3, 0.4) is 0 Å². The number of piperazine rings is 1. The van der Waals surface area contributed by atoms with Gasteiger partial charge in [-0.25, -0.2) is 0 Å². The Morgan fingerprint density at radius 2 is 2.15 bits per heavy atom. The van der Waals surface area contributed by atoms with Crippen molar-refractivity contribution in [1.29, 1.82) is 0 Å². The van der Waals surface area contributed by atoms with Crippen molar-refractivity contribution < 1.29 is 14.4 Å². The Bertz CT molecular complexity index is 565. The van der Waals surface area contributed by atoms with Crippen LogP contribution in [-0.4, -0.2) is 45.4 Å². The molecular formula is C12H17N5O3. The Morgan fingerprint density at radius 1 is 1.45 bits per heavy atom. The van der Waals surface area contributed by atoms with Crippen LogP contribution in [0, 0.1) is 0 Å². The normalized spacial score (nSPS) is 19.1. The molecule has 1 aromatic heterocycles. The van der Waals surface area contributed by atoms with Gasteiger partial charge in [-0.3, -0.25) is 24.8 Å². The number of amides is 3. The number of rotatable bonds is 3. The van der Waals surface area contributed by atoms with Gasteiger partial charge in [-0.15, -0.1) is 0 Å². The van der Waals surface area contributed by atoms with Crippen molar-refractivity contribution in [2.45, 2.75) is 32.7 Å². The summed E-state index contributed by atoms with van der Waals surface area (Å²) in [5.74, 6) is -1.48. The Kier molecular flexibility index (Phi) is 3.73. The SMILES string of the molecule is CCc1[nH]nc(C(=O)N2CC(=O)NC(=O)C2CC)c1N. The highest BCUT2D eigenvalue weighted by atomic mass is 16.2. The van der Waals surface area contributed by atoms with Gasteiger partial charge in [-0.05, 0) is 12.8 Å². The quantitative estimate of drug-likeness (QED) is 0.640. The molecule has 1 aliphatic rings. The van der Waals surface area contributed by atoms with E-state index in [9.17, 15) is 14.4 Å². The van der Waals surface area contributed by atoms with E-state index in [0.717, 1.165) is 0 Å². The molecule has 1 saturated heterocycles. The van der Waals surface area contributed by atoms with Crippen LogP contribution >= 0.6 is 0 Å². The van der Waals surface area contributed by atoms with Gasteiger partial charge in [0, 0.05) is 0 Å². The molecule has 108 valence electrons. The first-order chi connectivity index (χ1) is 9.49. The molecular weight excluding hydrogens is 262 g/mol. The molecule has 1 atom stereocenters. The molecule has 3 amide bonds. The highest BCUT2D eigenvalue weighted by Gasteiger charge is 2.37. The number of H-pyrrole nitrogens is 1. The van der Waals surface area contributed by atoms with Gasteiger partial charge in [0.25, 0.3) is 5.91 Å². The number of carbonyl (C=O) groups excluding carboxylic acids is 3. The average molecular weight is 279 g/mol. The highest BCUT2D eigenvalue weighted by molar-refractivity contribution is 6.08. The predicted octanol–water partition coefficient (Wildman–Crippen LogP) is -0.568. The predicted molar refractivity (Wildman–Crippen MR) is 70.6 cm³/mol. The maximum Gasteiger partial charge on any atom is 0.277 e. The molecule has 1 unspecified atom stereocenters. The number of aryl methyl sites for hydroxylation is 1. The van der Waals surface area contributed by atoms with E-state index in [1.54, 1.807) is 6.92 Å². The van der Waals surface area contributed by atoms with Crippen LogP contribution in [0.4, 0.5) is 5.69 Å². The standard InChI is InChI=1S/C12H17N5O3/c1-3-6-9(13)10(16-15-6)12(20)17-5-8(18)14-11(19)7(17)4-2/h7H,3-5,13H2,1-2H3,(H,15,16)(H,14,18,19). The summed E-state index contributed by atoms with van der Waals surface area (Å²) in [5, 5.41) is 8.80. The van der Waals surface area contributed by atoms with E-state index in [-0.39, 0.29) is 17.9 Å². The van der Waals surface area contributed by atoms with Gasteiger partial charge < -0.3 is 10.6 Å². The molecule has 1 aromatic rings. The molecule has 0 saturated carbocycles. The molecule has 0 aromatic carbocycles. The summed E-state index contributed by atoms with van der Waals surface area (Å²) < 4.78 is 0. The number of aromatic amines is 1. The van der Waals surface area contributed by atoms with Gasteiger partial charge in [0.2, 0.25) is 11.8 Å². The van der Waals surface area contributed by atoms with Crippen molar-refractivity contribution >= 4 is 23.4 Å². The van der Waals surface area contributed by atoms with Gasteiger partial charge in [-0.2, -0.15) is 5.10 Å². The summed E-state index contributed by atoms with van der Waals surface area (Å²) in [5.41, 5.74) is 6.84. The number of nitrogens with two attached hydrogens (primary N) is 1. The van der Waals surface area contributed by atoms with Gasteiger partial charge >= 0.3 is 0 Å². The molecule has 2 heterocycles. The molecule has 20 heavy (non-hydrogen) atoms. The fraction of sp³-hybridized carbons (Fsp3) is 0.500. The fourth-order valence-corrected chi connectivity index (χ4v) is 2.24. The Morgan fingerprint density at radius 3 is 2.70 bits per heavy atom. The van der Waals surface area contributed by atoms with Gasteiger partial charge in [0.15, 0.2) is 5.69 Å². The second kappa shape index (κ2) is 5.32. The molecule has 8 heteroatoms. The second-order valence-corrected chi connectivity index (χ2v) is 4.59. The van der Waals surface area contributed by atoms with Gasteiger partial charge in [-0.1, -0.05) is 13.8 Å². The van der Waals surface area contributed by atoms with E-state index in [2.05, 4.69) is 15.5 Å². The number of nitrogen functional groups attached to an aromatic ring is 1. The van der Waals surface area contributed by atoms with Gasteiger partial charge in [0.1, 0.15) is 12.6 Å². The van der Waals surface area contributed by atoms with E-state index >= 15 is 0 Å². The Labute approximate surface area is 115 Å². The monoisotopic (exact) mass is 279 g/mol. The Balaban J connectivity index is 2.32. The number of hydrogen-bond acceptors (Lipinski definition) is 5. The molecule has 0 radical (unpaired) electrons. The van der Waals surface area contributed by atoms with Crippen LogP contribution in [0.15, 0.2) is 0 Å². The summed E-state index contributed by atoms with van der Waals surface area (Å²) in [6, 6.07) is -0.679. The van der Waals surface area contributed by atoms with E-state index in [1.807, 2.05) is 6.92 Å². The number of hydrogen-bond donors (Lipinski definition) is 3. The first-order valence-corrected chi connectivity index (χ1v) is 6.46. The molecule has 8 nitrogen and oxygen atoms in total. The molecule has 0 bridgehead atoms. The van der Waals surface area contributed by atoms with Gasteiger partial charge in [0.05, 0.1) is 11.4 Å². The van der Waals surface area contributed by atoms with Crippen molar-refractivity contribution in [3.05, 3.63) is 11.4 Å². The molecule has 0 spiro atoms. The smallest absolute Gasteiger partial charge is 0.277 e.